The van der Waals surface area contributed by atoms with Gasteiger partial charge in [-0.2, -0.15) is 8.78 Å². The summed E-state index contributed by atoms with van der Waals surface area (Å²) in [6.07, 6.45) is 3.95. The molecule has 1 N–H and O–H groups in total. The molecule has 3 aliphatic carbocycles. The number of rotatable bonds is 3. The third-order valence-electron chi connectivity index (χ3n) is 5.50. The first-order chi connectivity index (χ1) is 8.98. The zero-order valence-electron chi connectivity index (χ0n) is 11.3. The summed E-state index contributed by atoms with van der Waals surface area (Å²) in [7, 11) is 0. The van der Waals surface area contributed by atoms with Gasteiger partial charge in [0.2, 0.25) is 5.91 Å². The van der Waals surface area contributed by atoms with Crippen LogP contribution in [0, 0.1) is 23.2 Å². The molecule has 0 aromatic heterocycles. The van der Waals surface area contributed by atoms with Crippen molar-refractivity contribution in [1.29, 1.82) is 0 Å². The van der Waals surface area contributed by atoms with Gasteiger partial charge in [-0.15, -0.1) is 0 Å². The van der Waals surface area contributed by atoms with Crippen molar-refractivity contribution in [2.75, 3.05) is 6.54 Å². The highest BCUT2D eigenvalue weighted by atomic mass is 19.3. The monoisotopic (exact) mass is 269 g/mol. The van der Waals surface area contributed by atoms with E-state index < -0.39 is 6.08 Å². The highest BCUT2D eigenvalue weighted by Crippen LogP contribution is 2.52. The van der Waals surface area contributed by atoms with Crippen molar-refractivity contribution >= 4 is 5.91 Å². The van der Waals surface area contributed by atoms with Gasteiger partial charge in [0.15, 0.2) is 0 Å². The van der Waals surface area contributed by atoms with E-state index in [2.05, 4.69) is 12.2 Å². The van der Waals surface area contributed by atoms with E-state index in [1.807, 2.05) is 0 Å². The molecule has 4 heteroatoms. The van der Waals surface area contributed by atoms with Gasteiger partial charge < -0.3 is 5.32 Å². The van der Waals surface area contributed by atoms with Crippen molar-refractivity contribution in [3.63, 3.8) is 0 Å². The van der Waals surface area contributed by atoms with E-state index >= 15 is 0 Å². The van der Waals surface area contributed by atoms with Gasteiger partial charge in [0.05, 0.1) is 0 Å². The SMILES string of the molecule is CC1(CNC(=O)C2CC3CC2CC3=C(F)F)CCC1. The number of carbonyl (C=O) groups excluding carboxylic acids is 1. The van der Waals surface area contributed by atoms with Gasteiger partial charge >= 0.3 is 0 Å². The minimum atomic E-state index is -1.51. The summed E-state index contributed by atoms with van der Waals surface area (Å²) in [5, 5.41) is 3.05. The van der Waals surface area contributed by atoms with Crippen LogP contribution in [-0.2, 0) is 4.79 Å². The van der Waals surface area contributed by atoms with E-state index in [0.717, 1.165) is 13.0 Å². The summed E-state index contributed by atoms with van der Waals surface area (Å²) < 4.78 is 25.3. The second-order valence-corrected chi connectivity index (χ2v) is 6.91. The normalized spacial score (nSPS) is 35.1. The lowest BCUT2D eigenvalue weighted by atomic mass is 9.70. The number of fused-ring (bicyclic) bond motifs is 2. The summed E-state index contributed by atoms with van der Waals surface area (Å²) >= 11 is 0. The van der Waals surface area contributed by atoms with Crippen LogP contribution < -0.4 is 5.32 Å². The van der Waals surface area contributed by atoms with Crippen LogP contribution in [0.5, 0.6) is 0 Å². The molecule has 0 spiro atoms. The van der Waals surface area contributed by atoms with Crippen molar-refractivity contribution < 1.29 is 13.6 Å². The van der Waals surface area contributed by atoms with E-state index in [4.69, 9.17) is 0 Å². The number of allylic oxidation sites excluding steroid dienone is 1. The predicted molar refractivity (Wildman–Crippen MR) is 68.5 cm³/mol. The smallest absolute Gasteiger partial charge is 0.269 e. The molecule has 3 rings (SSSR count). The number of hydrogen-bond acceptors (Lipinski definition) is 1. The average Bonchev–Trinajstić information content (AvgIpc) is 2.92. The van der Waals surface area contributed by atoms with Gasteiger partial charge in [-0.1, -0.05) is 13.3 Å². The Hall–Kier alpha value is -0.930. The first-order valence-corrected chi connectivity index (χ1v) is 7.30. The molecule has 3 atom stereocenters. The summed E-state index contributed by atoms with van der Waals surface area (Å²) in [6.45, 7) is 2.96. The van der Waals surface area contributed by atoms with Crippen LogP contribution in [0.25, 0.3) is 0 Å². The van der Waals surface area contributed by atoms with Crippen molar-refractivity contribution in [1.82, 2.24) is 5.32 Å². The van der Waals surface area contributed by atoms with E-state index in [1.165, 1.54) is 19.3 Å². The van der Waals surface area contributed by atoms with Gasteiger partial charge in [-0.3, -0.25) is 4.79 Å². The topological polar surface area (TPSA) is 29.1 Å². The summed E-state index contributed by atoms with van der Waals surface area (Å²) in [4.78, 5) is 12.2. The molecule has 3 unspecified atom stereocenters. The lowest BCUT2D eigenvalue weighted by molar-refractivity contribution is -0.127. The Labute approximate surface area is 112 Å². The minimum Gasteiger partial charge on any atom is -0.355 e. The third-order valence-corrected chi connectivity index (χ3v) is 5.50. The first-order valence-electron chi connectivity index (χ1n) is 7.30. The quantitative estimate of drug-likeness (QED) is 0.835. The molecular formula is C15H21F2NO. The van der Waals surface area contributed by atoms with Crippen LogP contribution >= 0.6 is 0 Å². The van der Waals surface area contributed by atoms with Crippen LogP contribution in [0.3, 0.4) is 0 Å². The summed E-state index contributed by atoms with van der Waals surface area (Å²) in [6, 6.07) is 0. The molecule has 0 heterocycles. The lowest BCUT2D eigenvalue weighted by Crippen LogP contribution is -2.43. The highest BCUT2D eigenvalue weighted by Gasteiger charge is 2.47. The fourth-order valence-electron chi connectivity index (χ4n) is 4.03. The second kappa shape index (κ2) is 4.57. The molecule has 0 aromatic carbocycles. The Balaban J connectivity index is 1.55. The minimum absolute atomic E-state index is 0.0308. The maximum atomic E-state index is 12.7. The standard InChI is InChI=1S/C15H21F2NO/c1-15(3-2-4-15)8-18-14(19)12-7-9-5-10(12)6-11(9)13(16)17/h9-10,12H,2-8H2,1H3,(H,18,19). The Kier molecular flexibility index (Phi) is 3.14. The maximum Gasteiger partial charge on any atom is 0.269 e. The van der Waals surface area contributed by atoms with Gasteiger partial charge in [0.25, 0.3) is 6.08 Å². The van der Waals surface area contributed by atoms with Crippen LogP contribution in [0.4, 0.5) is 8.78 Å². The van der Waals surface area contributed by atoms with Gasteiger partial charge in [0, 0.05) is 12.5 Å². The van der Waals surface area contributed by atoms with Gasteiger partial charge in [0.1, 0.15) is 0 Å². The number of amides is 1. The average molecular weight is 269 g/mol. The van der Waals surface area contributed by atoms with E-state index in [9.17, 15) is 13.6 Å². The first kappa shape index (κ1) is 13.1. The molecule has 106 valence electrons. The number of carbonyl (C=O) groups is 1. The van der Waals surface area contributed by atoms with Crippen molar-refractivity contribution in [3.05, 3.63) is 11.7 Å². The summed E-state index contributed by atoms with van der Waals surface area (Å²) in [5.74, 6) is 0.177. The fourth-order valence-corrected chi connectivity index (χ4v) is 4.03. The highest BCUT2D eigenvalue weighted by molar-refractivity contribution is 5.79. The van der Waals surface area contributed by atoms with Crippen LogP contribution in [0.15, 0.2) is 11.7 Å². The number of hydrogen-bond donors (Lipinski definition) is 1. The molecule has 2 bridgehead atoms. The lowest BCUT2D eigenvalue weighted by Gasteiger charge is -2.39. The zero-order chi connectivity index (χ0) is 13.6. The van der Waals surface area contributed by atoms with Crippen molar-refractivity contribution in [2.24, 2.45) is 23.2 Å². The molecule has 19 heavy (non-hydrogen) atoms. The third kappa shape index (κ3) is 2.30. The zero-order valence-corrected chi connectivity index (χ0v) is 11.3. The molecule has 3 aliphatic rings. The van der Waals surface area contributed by atoms with E-state index in [-0.39, 0.29) is 29.1 Å². The summed E-state index contributed by atoms with van der Waals surface area (Å²) in [5.41, 5.74) is 0.601. The Morgan fingerprint density at radius 2 is 2.11 bits per heavy atom. The van der Waals surface area contributed by atoms with Crippen LogP contribution in [0.2, 0.25) is 0 Å². The largest absolute Gasteiger partial charge is 0.355 e. The van der Waals surface area contributed by atoms with Crippen molar-refractivity contribution in [2.45, 2.75) is 45.4 Å². The van der Waals surface area contributed by atoms with Crippen LogP contribution in [-0.4, -0.2) is 12.5 Å². The Morgan fingerprint density at radius 1 is 1.37 bits per heavy atom. The number of halogens is 2. The van der Waals surface area contributed by atoms with E-state index in [0.29, 0.717) is 18.4 Å². The second-order valence-electron chi connectivity index (χ2n) is 6.91. The van der Waals surface area contributed by atoms with E-state index in [1.54, 1.807) is 0 Å². The maximum absolute atomic E-state index is 12.7. The van der Waals surface area contributed by atoms with Crippen molar-refractivity contribution in [3.8, 4) is 0 Å². The van der Waals surface area contributed by atoms with Gasteiger partial charge in [-0.25, -0.2) is 0 Å². The Bertz CT molecular complexity index is 424. The molecule has 1 amide bonds. The fraction of sp³-hybridized carbons (Fsp3) is 0.800. The molecule has 2 nitrogen and oxygen atoms in total. The molecular weight excluding hydrogens is 248 g/mol. The van der Waals surface area contributed by atoms with Crippen LogP contribution in [0.1, 0.15) is 45.4 Å². The predicted octanol–water partition coefficient (Wildman–Crippen LogP) is 3.49. The molecule has 0 aromatic rings. The molecule has 3 saturated carbocycles. The Morgan fingerprint density at radius 3 is 2.58 bits per heavy atom. The molecule has 0 aliphatic heterocycles. The molecule has 0 radical (unpaired) electrons. The molecule has 0 saturated heterocycles. The number of nitrogens with one attached hydrogen (secondary N) is 1. The van der Waals surface area contributed by atoms with Gasteiger partial charge in [-0.05, 0) is 54.9 Å². The molecule has 3 fully saturated rings.